The van der Waals surface area contributed by atoms with Gasteiger partial charge in [-0.05, 0) is 48.0 Å². The zero-order valence-electron chi connectivity index (χ0n) is 17.0. The van der Waals surface area contributed by atoms with Crippen molar-refractivity contribution in [2.24, 2.45) is 0 Å². The third-order valence-electron chi connectivity index (χ3n) is 5.01. The van der Waals surface area contributed by atoms with Crippen LogP contribution in [-0.2, 0) is 10.9 Å². The lowest BCUT2D eigenvalue weighted by atomic mass is 10.0. The van der Waals surface area contributed by atoms with E-state index in [1.165, 1.54) is 30.5 Å². The van der Waals surface area contributed by atoms with Crippen LogP contribution in [0.3, 0.4) is 0 Å². The number of aliphatic hydroxyl groups excluding tert-OH is 1. The molecule has 10 heteroatoms. The van der Waals surface area contributed by atoms with Gasteiger partial charge < -0.3 is 19.9 Å². The number of rotatable bonds is 5. The first kappa shape index (κ1) is 22.7. The van der Waals surface area contributed by atoms with Crippen molar-refractivity contribution >= 4 is 5.91 Å². The normalized spacial score (nSPS) is 18.2. The smallest absolute Gasteiger partial charge is 0.416 e. The molecule has 0 radical (unpaired) electrons. The van der Waals surface area contributed by atoms with E-state index in [0.717, 1.165) is 24.3 Å². The SMILES string of the molecule is O=C(N[C@@H]1COC[C@H]1O)c1cnc(Oc2ccc(C(F)(F)F)cc2)c(-c2cccc(F)c2)c1. The van der Waals surface area contributed by atoms with E-state index < -0.39 is 35.6 Å². The Bertz CT molecular complexity index is 1150. The van der Waals surface area contributed by atoms with Crippen LogP contribution in [0, 0.1) is 5.82 Å². The molecule has 0 aliphatic carbocycles. The predicted octanol–water partition coefficient (Wildman–Crippen LogP) is 4.19. The molecule has 0 saturated carbocycles. The van der Waals surface area contributed by atoms with Crippen molar-refractivity contribution in [3.63, 3.8) is 0 Å². The Labute approximate surface area is 185 Å². The summed E-state index contributed by atoms with van der Waals surface area (Å²) in [5, 5.41) is 12.5. The minimum absolute atomic E-state index is 0.0267. The van der Waals surface area contributed by atoms with Gasteiger partial charge in [-0.3, -0.25) is 4.79 Å². The minimum Gasteiger partial charge on any atom is -0.438 e. The summed E-state index contributed by atoms with van der Waals surface area (Å²) in [6.45, 7) is 0.268. The number of amides is 1. The minimum atomic E-state index is -4.49. The van der Waals surface area contributed by atoms with Gasteiger partial charge in [0.15, 0.2) is 0 Å². The molecule has 2 aromatic carbocycles. The van der Waals surface area contributed by atoms with Crippen LogP contribution in [0.1, 0.15) is 15.9 Å². The summed E-state index contributed by atoms with van der Waals surface area (Å²) in [6, 6.07) is 10.4. The third-order valence-corrected chi connectivity index (χ3v) is 5.01. The summed E-state index contributed by atoms with van der Waals surface area (Å²) in [4.78, 5) is 16.8. The number of aromatic nitrogens is 1. The van der Waals surface area contributed by atoms with Gasteiger partial charge in [0, 0.05) is 11.8 Å². The zero-order chi connectivity index (χ0) is 23.6. The molecule has 1 fully saturated rings. The Morgan fingerprint density at radius 3 is 2.52 bits per heavy atom. The van der Waals surface area contributed by atoms with Gasteiger partial charge in [0.05, 0.1) is 36.5 Å². The van der Waals surface area contributed by atoms with Gasteiger partial charge in [-0.15, -0.1) is 0 Å². The number of alkyl halides is 3. The maximum atomic E-state index is 13.9. The van der Waals surface area contributed by atoms with Crippen molar-refractivity contribution in [3.8, 4) is 22.8 Å². The molecule has 0 bridgehead atoms. The summed E-state index contributed by atoms with van der Waals surface area (Å²) >= 11 is 0. The molecule has 4 rings (SSSR count). The van der Waals surface area contributed by atoms with Crippen LogP contribution in [0.2, 0.25) is 0 Å². The molecule has 0 unspecified atom stereocenters. The quantitative estimate of drug-likeness (QED) is 0.556. The number of nitrogens with zero attached hydrogens (tertiary/aromatic N) is 1. The fourth-order valence-corrected chi connectivity index (χ4v) is 3.28. The standard InChI is InChI=1S/C23H18F4N2O4/c24-16-3-1-2-13(8-16)18-9-14(21(31)29-19-11-32-12-20(19)30)10-28-22(18)33-17-6-4-15(5-7-17)23(25,26)27/h1-10,19-20,30H,11-12H2,(H,29,31)/t19-,20-/m1/s1. The van der Waals surface area contributed by atoms with Crippen LogP contribution >= 0.6 is 0 Å². The van der Waals surface area contributed by atoms with Crippen molar-refractivity contribution in [3.05, 3.63) is 77.7 Å². The number of halogens is 4. The average Bonchev–Trinajstić information content (AvgIpc) is 3.18. The van der Waals surface area contributed by atoms with E-state index in [9.17, 15) is 27.5 Å². The number of benzene rings is 2. The number of pyridine rings is 1. The van der Waals surface area contributed by atoms with E-state index in [-0.39, 0.29) is 36.0 Å². The van der Waals surface area contributed by atoms with Gasteiger partial charge in [0.1, 0.15) is 11.6 Å². The Balaban J connectivity index is 1.65. The molecule has 1 aliphatic rings. The Morgan fingerprint density at radius 1 is 1.12 bits per heavy atom. The van der Waals surface area contributed by atoms with Crippen LogP contribution in [0.15, 0.2) is 60.8 Å². The van der Waals surface area contributed by atoms with Crippen molar-refractivity contribution in [1.29, 1.82) is 0 Å². The van der Waals surface area contributed by atoms with E-state index in [4.69, 9.17) is 9.47 Å². The van der Waals surface area contributed by atoms with Gasteiger partial charge in [0.2, 0.25) is 5.88 Å². The number of hydrogen-bond acceptors (Lipinski definition) is 5. The van der Waals surface area contributed by atoms with Crippen LogP contribution in [0.25, 0.3) is 11.1 Å². The molecule has 1 amide bonds. The first-order chi connectivity index (χ1) is 15.7. The predicted molar refractivity (Wildman–Crippen MR) is 109 cm³/mol. The highest BCUT2D eigenvalue weighted by molar-refractivity contribution is 5.95. The molecule has 1 saturated heterocycles. The topological polar surface area (TPSA) is 80.7 Å². The molecular formula is C23H18F4N2O4. The van der Waals surface area contributed by atoms with Crippen molar-refractivity contribution < 1.29 is 36.9 Å². The maximum Gasteiger partial charge on any atom is 0.416 e. The molecule has 3 aromatic rings. The van der Waals surface area contributed by atoms with E-state index in [1.54, 1.807) is 6.07 Å². The summed E-state index contributed by atoms with van der Waals surface area (Å²) < 4.78 is 63.1. The fraction of sp³-hybridized carbons (Fsp3) is 0.217. The zero-order valence-corrected chi connectivity index (χ0v) is 17.0. The lowest BCUT2D eigenvalue weighted by molar-refractivity contribution is -0.137. The van der Waals surface area contributed by atoms with Gasteiger partial charge in [0.25, 0.3) is 5.91 Å². The molecule has 0 spiro atoms. The highest BCUT2D eigenvalue weighted by atomic mass is 19.4. The van der Waals surface area contributed by atoms with Crippen LogP contribution in [0.5, 0.6) is 11.6 Å². The number of nitrogens with one attached hydrogen (secondary N) is 1. The van der Waals surface area contributed by atoms with Crippen LogP contribution in [0.4, 0.5) is 17.6 Å². The van der Waals surface area contributed by atoms with Gasteiger partial charge in [-0.1, -0.05) is 12.1 Å². The van der Waals surface area contributed by atoms with E-state index in [0.29, 0.717) is 5.56 Å². The number of carbonyl (C=O) groups excluding carboxylic acids is 1. The summed E-state index contributed by atoms with van der Waals surface area (Å²) in [5.41, 5.74) is -0.111. The second kappa shape index (κ2) is 9.16. The number of carbonyl (C=O) groups is 1. The first-order valence-corrected chi connectivity index (χ1v) is 9.88. The average molecular weight is 462 g/mol. The summed E-state index contributed by atoms with van der Waals surface area (Å²) in [6.07, 6.45) is -4.11. The lowest BCUT2D eigenvalue weighted by Gasteiger charge is -2.16. The van der Waals surface area contributed by atoms with Gasteiger partial charge in [-0.25, -0.2) is 9.37 Å². The monoisotopic (exact) mass is 462 g/mol. The maximum absolute atomic E-state index is 13.9. The molecule has 1 aromatic heterocycles. The molecule has 2 N–H and O–H groups in total. The summed E-state index contributed by atoms with van der Waals surface area (Å²) in [5.74, 6) is -1.01. The fourth-order valence-electron chi connectivity index (χ4n) is 3.28. The molecule has 2 atom stereocenters. The van der Waals surface area contributed by atoms with Crippen molar-refractivity contribution in [2.45, 2.75) is 18.3 Å². The molecule has 6 nitrogen and oxygen atoms in total. The largest absolute Gasteiger partial charge is 0.438 e. The van der Waals surface area contributed by atoms with Gasteiger partial charge in [-0.2, -0.15) is 13.2 Å². The highest BCUT2D eigenvalue weighted by Crippen LogP contribution is 2.35. The van der Waals surface area contributed by atoms with E-state index in [1.807, 2.05) is 0 Å². The molecular weight excluding hydrogens is 444 g/mol. The van der Waals surface area contributed by atoms with E-state index >= 15 is 0 Å². The number of hydrogen-bond donors (Lipinski definition) is 2. The second-order valence-corrected chi connectivity index (χ2v) is 7.40. The molecule has 33 heavy (non-hydrogen) atoms. The van der Waals surface area contributed by atoms with Crippen molar-refractivity contribution in [1.82, 2.24) is 10.3 Å². The van der Waals surface area contributed by atoms with Gasteiger partial charge >= 0.3 is 6.18 Å². The van der Waals surface area contributed by atoms with E-state index in [2.05, 4.69) is 10.3 Å². The summed E-state index contributed by atoms with van der Waals surface area (Å²) in [7, 11) is 0. The Kier molecular flexibility index (Phi) is 6.30. The number of aliphatic hydroxyl groups is 1. The molecule has 172 valence electrons. The first-order valence-electron chi connectivity index (χ1n) is 9.88. The third kappa shape index (κ3) is 5.29. The number of ether oxygens (including phenoxy) is 2. The van der Waals surface area contributed by atoms with Crippen molar-refractivity contribution in [2.75, 3.05) is 13.2 Å². The Hall–Kier alpha value is -3.50. The highest BCUT2D eigenvalue weighted by Gasteiger charge is 2.30. The molecule has 1 aliphatic heterocycles. The van der Waals surface area contributed by atoms with Crippen LogP contribution in [-0.4, -0.2) is 41.4 Å². The second-order valence-electron chi connectivity index (χ2n) is 7.40. The molecule has 2 heterocycles. The van der Waals surface area contributed by atoms with Crippen LogP contribution < -0.4 is 10.1 Å². The lowest BCUT2D eigenvalue weighted by Crippen LogP contribution is -2.42. The Morgan fingerprint density at radius 2 is 1.88 bits per heavy atom.